The molecule has 0 fully saturated rings. The molecule has 0 aliphatic carbocycles. The molecule has 0 aromatic heterocycles. The Morgan fingerprint density at radius 3 is 2.65 bits per heavy atom. The van der Waals surface area contributed by atoms with Gasteiger partial charge in [-0.2, -0.15) is 0 Å². The van der Waals surface area contributed by atoms with Crippen LogP contribution in [0.5, 0.6) is 0 Å². The summed E-state index contributed by atoms with van der Waals surface area (Å²) < 4.78 is 0. The van der Waals surface area contributed by atoms with Crippen LogP contribution in [0.25, 0.3) is 6.08 Å². The molecule has 0 amide bonds. The summed E-state index contributed by atoms with van der Waals surface area (Å²) in [5, 5.41) is 0. The maximum atomic E-state index is 10.8. The molecule has 1 aromatic rings. The van der Waals surface area contributed by atoms with Crippen molar-refractivity contribution in [1.29, 1.82) is 0 Å². The molecule has 0 spiro atoms. The maximum absolute atomic E-state index is 10.8. The molecule has 1 aromatic carbocycles. The number of aryl methyl sites for hydroxylation is 1. The monoisotopic (exact) mass is 230 g/mol. The highest BCUT2D eigenvalue weighted by Gasteiger charge is 2.01. The summed E-state index contributed by atoms with van der Waals surface area (Å²) in [6.45, 7) is 8.16. The zero-order valence-electron chi connectivity index (χ0n) is 11.3. The van der Waals surface area contributed by atoms with E-state index in [1.54, 1.807) is 6.92 Å². The van der Waals surface area contributed by atoms with Crippen LogP contribution in [0.4, 0.5) is 0 Å². The molecule has 0 saturated heterocycles. The molecule has 0 radical (unpaired) electrons. The topological polar surface area (TPSA) is 17.1 Å². The Labute approximate surface area is 105 Å². The summed E-state index contributed by atoms with van der Waals surface area (Å²) in [5.74, 6) is 0.808. The van der Waals surface area contributed by atoms with E-state index >= 15 is 0 Å². The third-order valence-corrected chi connectivity index (χ3v) is 2.93. The average Bonchev–Trinajstić information content (AvgIpc) is 2.25. The summed E-state index contributed by atoms with van der Waals surface area (Å²) in [6.07, 6.45) is 5.69. The Kier molecular flexibility index (Phi) is 5.14. The number of carbonyl (C=O) groups is 1. The summed E-state index contributed by atoms with van der Waals surface area (Å²) in [6, 6.07) is 6.59. The standard InChI is InChI=1S/C16H22O/c1-12(2)15-10-9-13(3)16(11-15)8-6-5-7-14(4)17/h6,8-12H,5,7H2,1-4H3/b8-6+. The summed E-state index contributed by atoms with van der Waals surface area (Å²) in [7, 11) is 0. The minimum Gasteiger partial charge on any atom is -0.300 e. The number of benzene rings is 1. The molecule has 0 atom stereocenters. The van der Waals surface area contributed by atoms with E-state index in [0.29, 0.717) is 12.3 Å². The lowest BCUT2D eigenvalue weighted by molar-refractivity contribution is -0.116. The van der Waals surface area contributed by atoms with Crippen molar-refractivity contribution >= 4 is 11.9 Å². The van der Waals surface area contributed by atoms with Gasteiger partial charge in [-0.05, 0) is 42.9 Å². The normalized spacial score (nSPS) is 11.4. The fraction of sp³-hybridized carbons (Fsp3) is 0.438. The van der Waals surface area contributed by atoms with Gasteiger partial charge in [0.15, 0.2) is 0 Å². The maximum Gasteiger partial charge on any atom is 0.130 e. The molecule has 0 heterocycles. The van der Waals surface area contributed by atoms with E-state index < -0.39 is 0 Å². The molecule has 0 unspecified atom stereocenters. The van der Waals surface area contributed by atoms with Gasteiger partial charge in [0.1, 0.15) is 5.78 Å². The van der Waals surface area contributed by atoms with Crippen molar-refractivity contribution < 1.29 is 4.79 Å². The van der Waals surface area contributed by atoms with Gasteiger partial charge in [-0.3, -0.25) is 0 Å². The van der Waals surface area contributed by atoms with Gasteiger partial charge in [0.05, 0.1) is 0 Å². The van der Waals surface area contributed by atoms with Crippen LogP contribution in [0.1, 0.15) is 56.2 Å². The smallest absolute Gasteiger partial charge is 0.130 e. The summed E-state index contributed by atoms with van der Waals surface area (Å²) in [4.78, 5) is 10.8. The Bertz CT molecular complexity index is 414. The molecule has 0 bridgehead atoms. The molecular weight excluding hydrogens is 208 g/mol. The van der Waals surface area contributed by atoms with Crippen LogP contribution in [0.3, 0.4) is 0 Å². The second kappa shape index (κ2) is 6.39. The largest absolute Gasteiger partial charge is 0.300 e. The van der Waals surface area contributed by atoms with Gasteiger partial charge < -0.3 is 4.79 Å². The Morgan fingerprint density at radius 1 is 1.35 bits per heavy atom. The Morgan fingerprint density at radius 2 is 2.06 bits per heavy atom. The number of carbonyl (C=O) groups excluding carboxylic acids is 1. The van der Waals surface area contributed by atoms with Crippen molar-refractivity contribution in [3.63, 3.8) is 0 Å². The van der Waals surface area contributed by atoms with Crippen LogP contribution >= 0.6 is 0 Å². The lowest BCUT2D eigenvalue weighted by atomic mass is 9.97. The minimum absolute atomic E-state index is 0.252. The molecule has 1 heteroatoms. The van der Waals surface area contributed by atoms with Crippen LogP contribution in [0.15, 0.2) is 24.3 Å². The van der Waals surface area contributed by atoms with Crippen molar-refractivity contribution in [2.75, 3.05) is 0 Å². The van der Waals surface area contributed by atoms with Crippen LogP contribution in [-0.2, 0) is 4.79 Å². The zero-order valence-corrected chi connectivity index (χ0v) is 11.3. The third kappa shape index (κ3) is 4.56. The van der Waals surface area contributed by atoms with E-state index in [2.05, 4.69) is 51.1 Å². The number of Topliss-reactive ketones (excluding diaryl/α,β-unsaturated/α-hetero) is 1. The van der Waals surface area contributed by atoms with Gasteiger partial charge in [-0.15, -0.1) is 0 Å². The highest BCUT2D eigenvalue weighted by molar-refractivity contribution is 5.75. The van der Waals surface area contributed by atoms with E-state index in [4.69, 9.17) is 0 Å². The molecule has 0 aliphatic heterocycles. The second-order valence-electron chi connectivity index (χ2n) is 4.91. The van der Waals surface area contributed by atoms with Crippen molar-refractivity contribution in [2.45, 2.75) is 46.5 Å². The van der Waals surface area contributed by atoms with Gasteiger partial charge in [-0.1, -0.05) is 44.2 Å². The van der Waals surface area contributed by atoms with Gasteiger partial charge in [-0.25, -0.2) is 0 Å². The molecular formula is C16H22O. The van der Waals surface area contributed by atoms with Gasteiger partial charge in [0.25, 0.3) is 0 Å². The fourth-order valence-corrected chi connectivity index (χ4v) is 1.69. The van der Waals surface area contributed by atoms with Gasteiger partial charge >= 0.3 is 0 Å². The first kappa shape index (κ1) is 13.7. The predicted molar refractivity (Wildman–Crippen MR) is 74.2 cm³/mol. The highest BCUT2D eigenvalue weighted by Crippen LogP contribution is 2.19. The fourth-order valence-electron chi connectivity index (χ4n) is 1.69. The first-order valence-corrected chi connectivity index (χ1v) is 6.27. The van der Waals surface area contributed by atoms with Gasteiger partial charge in [0.2, 0.25) is 0 Å². The Balaban J connectivity index is 2.75. The molecule has 17 heavy (non-hydrogen) atoms. The van der Waals surface area contributed by atoms with Gasteiger partial charge in [0, 0.05) is 6.42 Å². The highest BCUT2D eigenvalue weighted by atomic mass is 16.1. The molecule has 92 valence electrons. The van der Waals surface area contributed by atoms with Crippen LogP contribution < -0.4 is 0 Å². The van der Waals surface area contributed by atoms with Crippen LogP contribution in [0, 0.1) is 6.92 Å². The number of ketones is 1. The first-order chi connectivity index (χ1) is 8.00. The first-order valence-electron chi connectivity index (χ1n) is 6.27. The number of hydrogen-bond acceptors (Lipinski definition) is 1. The van der Waals surface area contributed by atoms with Crippen molar-refractivity contribution in [2.24, 2.45) is 0 Å². The van der Waals surface area contributed by atoms with E-state index in [1.807, 2.05) is 0 Å². The van der Waals surface area contributed by atoms with E-state index in [0.717, 1.165) is 6.42 Å². The van der Waals surface area contributed by atoms with E-state index in [-0.39, 0.29) is 5.78 Å². The molecule has 0 saturated carbocycles. The number of hydrogen-bond donors (Lipinski definition) is 0. The van der Waals surface area contributed by atoms with E-state index in [9.17, 15) is 4.79 Å². The minimum atomic E-state index is 0.252. The van der Waals surface area contributed by atoms with Crippen LogP contribution in [-0.4, -0.2) is 5.78 Å². The van der Waals surface area contributed by atoms with Crippen molar-refractivity contribution in [3.8, 4) is 0 Å². The summed E-state index contributed by atoms with van der Waals surface area (Å²) >= 11 is 0. The lowest BCUT2D eigenvalue weighted by Gasteiger charge is -2.08. The number of rotatable bonds is 5. The molecule has 1 rings (SSSR count). The van der Waals surface area contributed by atoms with E-state index in [1.165, 1.54) is 16.7 Å². The lowest BCUT2D eigenvalue weighted by Crippen LogP contribution is -1.90. The summed E-state index contributed by atoms with van der Waals surface area (Å²) in [5.41, 5.74) is 3.91. The van der Waals surface area contributed by atoms with Crippen molar-refractivity contribution in [1.82, 2.24) is 0 Å². The average molecular weight is 230 g/mol. The third-order valence-electron chi connectivity index (χ3n) is 2.93. The SMILES string of the molecule is CC(=O)CC/C=C/c1cc(C(C)C)ccc1C. The molecule has 1 nitrogen and oxygen atoms in total. The molecule has 0 N–H and O–H groups in total. The molecule has 0 aliphatic rings. The second-order valence-corrected chi connectivity index (χ2v) is 4.91. The van der Waals surface area contributed by atoms with Crippen LogP contribution in [0.2, 0.25) is 0 Å². The van der Waals surface area contributed by atoms with Crippen molar-refractivity contribution in [3.05, 3.63) is 41.0 Å². The Hall–Kier alpha value is -1.37. The quantitative estimate of drug-likeness (QED) is 0.727. The predicted octanol–water partition coefficient (Wildman–Crippen LogP) is 4.50. The zero-order chi connectivity index (χ0) is 12.8. The number of allylic oxidation sites excluding steroid dienone is 1.